The average Bonchev–Trinajstić information content (AvgIpc) is 2.51. The van der Waals surface area contributed by atoms with E-state index in [0.29, 0.717) is 6.54 Å². The van der Waals surface area contributed by atoms with E-state index in [1.165, 1.54) is 17.5 Å². The highest BCUT2D eigenvalue weighted by Gasteiger charge is 2.13. The van der Waals surface area contributed by atoms with Gasteiger partial charge in [0, 0.05) is 31.9 Å². The van der Waals surface area contributed by atoms with Crippen LogP contribution in [0.1, 0.15) is 12.0 Å². The molecule has 1 saturated heterocycles. The molecule has 1 aliphatic heterocycles. The van der Waals surface area contributed by atoms with Crippen molar-refractivity contribution in [2.45, 2.75) is 13.0 Å². The maximum absolute atomic E-state index is 11.0. The smallest absolute Gasteiger partial charge is 0.208 e. The van der Waals surface area contributed by atoms with Crippen LogP contribution in [-0.2, 0) is 21.3 Å². The van der Waals surface area contributed by atoms with Crippen LogP contribution in [0.15, 0.2) is 24.3 Å². The number of para-hydroxylation sites is 1. The van der Waals surface area contributed by atoms with Crippen LogP contribution < -0.4 is 14.9 Å². The molecule has 2 N–H and O–H groups in total. The largest absolute Gasteiger partial charge is 0.378 e. The summed E-state index contributed by atoms with van der Waals surface area (Å²) >= 11 is 0. The van der Waals surface area contributed by atoms with Gasteiger partial charge < -0.3 is 15.0 Å². The quantitative estimate of drug-likeness (QED) is 0.683. The number of nitrogens with zero attached hydrogens (tertiary/aromatic N) is 1. The highest BCUT2D eigenvalue weighted by atomic mass is 32.2. The molecule has 2 rings (SSSR count). The normalized spacial score (nSPS) is 16.0. The number of hydrogen-bond acceptors (Lipinski definition) is 5. The SMILES string of the molecule is CS(=O)(=O)NCCCNCc1ccccc1N1CCOCC1. The molecule has 0 aromatic heterocycles. The Morgan fingerprint density at radius 1 is 1.18 bits per heavy atom. The predicted molar refractivity (Wildman–Crippen MR) is 88.6 cm³/mol. The summed E-state index contributed by atoms with van der Waals surface area (Å²) in [7, 11) is -3.08. The number of sulfonamides is 1. The van der Waals surface area contributed by atoms with Gasteiger partial charge in [-0.05, 0) is 24.6 Å². The summed E-state index contributed by atoms with van der Waals surface area (Å²) in [5, 5.41) is 3.37. The average molecular weight is 327 g/mol. The fourth-order valence-electron chi connectivity index (χ4n) is 2.47. The van der Waals surface area contributed by atoms with E-state index in [9.17, 15) is 8.42 Å². The standard InChI is InChI=1S/C15H25N3O3S/c1-22(19,20)17-8-4-7-16-13-14-5-2-3-6-15(14)18-9-11-21-12-10-18/h2-3,5-6,16-17H,4,7-13H2,1H3. The zero-order valence-corrected chi connectivity index (χ0v) is 13.9. The highest BCUT2D eigenvalue weighted by Crippen LogP contribution is 2.21. The van der Waals surface area contributed by atoms with Gasteiger partial charge in [0.25, 0.3) is 0 Å². The Hall–Kier alpha value is -1.15. The molecule has 0 unspecified atom stereocenters. The lowest BCUT2D eigenvalue weighted by molar-refractivity contribution is 0.122. The first-order valence-electron chi connectivity index (χ1n) is 7.62. The van der Waals surface area contributed by atoms with Gasteiger partial charge in [0.1, 0.15) is 0 Å². The summed E-state index contributed by atoms with van der Waals surface area (Å²) in [5.41, 5.74) is 2.52. The van der Waals surface area contributed by atoms with Crippen molar-refractivity contribution < 1.29 is 13.2 Å². The number of hydrogen-bond donors (Lipinski definition) is 2. The Bertz CT molecular complexity index is 557. The van der Waals surface area contributed by atoms with Crippen molar-refractivity contribution in [1.82, 2.24) is 10.0 Å². The molecular weight excluding hydrogens is 302 g/mol. The van der Waals surface area contributed by atoms with E-state index in [1.807, 2.05) is 6.07 Å². The van der Waals surface area contributed by atoms with Gasteiger partial charge in [0.2, 0.25) is 10.0 Å². The lowest BCUT2D eigenvalue weighted by Gasteiger charge is -2.30. The molecule has 7 heteroatoms. The van der Waals surface area contributed by atoms with Gasteiger partial charge in [0.15, 0.2) is 0 Å². The van der Waals surface area contributed by atoms with Crippen LogP contribution in [0.5, 0.6) is 0 Å². The molecule has 6 nitrogen and oxygen atoms in total. The molecule has 1 heterocycles. The molecule has 22 heavy (non-hydrogen) atoms. The van der Waals surface area contributed by atoms with Crippen molar-refractivity contribution in [3.63, 3.8) is 0 Å². The van der Waals surface area contributed by atoms with Crippen molar-refractivity contribution in [2.24, 2.45) is 0 Å². The monoisotopic (exact) mass is 327 g/mol. The molecule has 0 amide bonds. The molecule has 0 spiro atoms. The van der Waals surface area contributed by atoms with Crippen LogP contribution in [0.3, 0.4) is 0 Å². The molecule has 0 radical (unpaired) electrons. The minimum Gasteiger partial charge on any atom is -0.378 e. The van der Waals surface area contributed by atoms with E-state index in [0.717, 1.165) is 45.8 Å². The third-order valence-corrected chi connectivity index (χ3v) is 4.28. The molecule has 0 aliphatic carbocycles. The first-order valence-corrected chi connectivity index (χ1v) is 9.51. The van der Waals surface area contributed by atoms with Crippen LogP contribution in [0.25, 0.3) is 0 Å². The first kappa shape index (κ1) is 17.2. The Labute approximate surface area is 132 Å². The fraction of sp³-hybridized carbons (Fsp3) is 0.600. The number of anilines is 1. The third kappa shape index (κ3) is 5.92. The van der Waals surface area contributed by atoms with E-state index in [2.05, 4.69) is 33.1 Å². The van der Waals surface area contributed by atoms with Crippen LogP contribution in [0, 0.1) is 0 Å². The number of rotatable bonds is 8. The van der Waals surface area contributed by atoms with Crippen LogP contribution in [0.2, 0.25) is 0 Å². The maximum Gasteiger partial charge on any atom is 0.208 e. The molecule has 124 valence electrons. The fourth-order valence-corrected chi connectivity index (χ4v) is 2.98. The molecule has 1 aliphatic rings. The van der Waals surface area contributed by atoms with Gasteiger partial charge >= 0.3 is 0 Å². The molecule has 0 saturated carbocycles. The summed E-state index contributed by atoms with van der Waals surface area (Å²) in [6.07, 6.45) is 1.95. The molecule has 1 aromatic carbocycles. The predicted octanol–water partition coefficient (Wildman–Crippen LogP) is 0.552. The second-order valence-corrected chi connectivity index (χ2v) is 7.26. The minimum absolute atomic E-state index is 0.469. The summed E-state index contributed by atoms with van der Waals surface area (Å²) in [6, 6.07) is 8.39. The highest BCUT2D eigenvalue weighted by molar-refractivity contribution is 7.88. The molecular formula is C15H25N3O3S. The molecule has 1 aromatic rings. The van der Waals surface area contributed by atoms with Gasteiger partial charge in [-0.3, -0.25) is 0 Å². The van der Waals surface area contributed by atoms with E-state index in [4.69, 9.17) is 4.74 Å². The third-order valence-electron chi connectivity index (χ3n) is 3.55. The second-order valence-electron chi connectivity index (χ2n) is 5.42. The maximum atomic E-state index is 11.0. The Morgan fingerprint density at radius 3 is 2.64 bits per heavy atom. The van der Waals surface area contributed by atoms with Crippen molar-refractivity contribution in [3.8, 4) is 0 Å². The van der Waals surface area contributed by atoms with Gasteiger partial charge in [-0.25, -0.2) is 13.1 Å². The van der Waals surface area contributed by atoms with Gasteiger partial charge in [0.05, 0.1) is 19.5 Å². The van der Waals surface area contributed by atoms with E-state index < -0.39 is 10.0 Å². The van der Waals surface area contributed by atoms with Gasteiger partial charge in [-0.2, -0.15) is 0 Å². The molecule has 1 fully saturated rings. The Balaban J connectivity index is 1.78. The summed E-state index contributed by atoms with van der Waals surface area (Å²) in [4.78, 5) is 2.35. The molecule has 0 atom stereocenters. The van der Waals surface area contributed by atoms with Crippen molar-refractivity contribution in [2.75, 3.05) is 50.5 Å². The summed E-state index contributed by atoms with van der Waals surface area (Å²) < 4.78 is 29.8. The van der Waals surface area contributed by atoms with Crippen LogP contribution in [-0.4, -0.2) is 54.1 Å². The van der Waals surface area contributed by atoms with Crippen molar-refractivity contribution in [1.29, 1.82) is 0 Å². The van der Waals surface area contributed by atoms with Gasteiger partial charge in [-0.1, -0.05) is 18.2 Å². The lowest BCUT2D eigenvalue weighted by Crippen LogP contribution is -2.37. The topological polar surface area (TPSA) is 70.7 Å². The molecule has 0 bridgehead atoms. The van der Waals surface area contributed by atoms with Crippen LogP contribution >= 0.6 is 0 Å². The zero-order valence-electron chi connectivity index (χ0n) is 13.0. The lowest BCUT2D eigenvalue weighted by atomic mass is 10.1. The number of morpholine rings is 1. The van der Waals surface area contributed by atoms with E-state index in [1.54, 1.807) is 0 Å². The van der Waals surface area contributed by atoms with Crippen molar-refractivity contribution >= 4 is 15.7 Å². The minimum atomic E-state index is -3.08. The van der Waals surface area contributed by atoms with Crippen LogP contribution in [0.4, 0.5) is 5.69 Å². The van der Waals surface area contributed by atoms with E-state index in [-0.39, 0.29) is 0 Å². The Morgan fingerprint density at radius 2 is 1.91 bits per heavy atom. The van der Waals surface area contributed by atoms with E-state index >= 15 is 0 Å². The number of benzene rings is 1. The zero-order chi connectivity index (χ0) is 15.8. The number of ether oxygens (including phenoxy) is 1. The summed E-state index contributed by atoms with van der Waals surface area (Å²) in [6.45, 7) is 5.44. The first-order chi connectivity index (χ1) is 10.6. The van der Waals surface area contributed by atoms with Crippen molar-refractivity contribution in [3.05, 3.63) is 29.8 Å². The number of nitrogens with one attached hydrogen (secondary N) is 2. The van der Waals surface area contributed by atoms with Gasteiger partial charge in [-0.15, -0.1) is 0 Å². The Kier molecular flexibility index (Phi) is 6.63. The second kappa shape index (κ2) is 8.47. The summed E-state index contributed by atoms with van der Waals surface area (Å²) in [5.74, 6) is 0.